The lowest BCUT2D eigenvalue weighted by Gasteiger charge is -2.57. The first kappa shape index (κ1) is 10.9. The van der Waals surface area contributed by atoms with E-state index in [4.69, 9.17) is 4.98 Å². The van der Waals surface area contributed by atoms with Crippen LogP contribution in [0.15, 0.2) is 36.5 Å². The normalized spacial score (nSPS) is 26.5. The van der Waals surface area contributed by atoms with Crippen LogP contribution in [0.1, 0.15) is 37.3 Å². The molecular formula is C18H18N2. The van der Waals surface area contributed by atoms with E-state index >= 15 is 0 Å². The molecule has 3 aromatic rings. The first-order chi connectivity index (χ1) is 9.64. The zero-order valence-corrected chi connectivity index (χ0v) is 11.9. The maximum absolute atomic E-state index is 4.76. The third-order valence-electron chi connectivity index (χ3n) is 5.88. The van der Waals surface area contributed by atoms with E-state index in [1.54, 1.807) is 11.1 Å². The highest BCUT2D eigenvalue weighted by molar-refractivity contribution is 5.82. The molecule has 2 bridgehead atoms. The molecule has 2 nitrogen and oxygen atoms in total. The summed E-state index contributed by atoms with van der Waals surface area (Å²) in [5.41, 5.74) is 7.07. The van der Waals surface area contributed by atoms with Crippen LogP contribution in [0, 0.1) is 11.3 Å². The van der Waals surface area contributed by atoms with Crippen LogP contribution in [0.3, 0.4) is 0 Å². The number of hydrogen-bond acceptors (Lipinski definition) is 1. The summed E-state index contributed by atoms with van der Waals surface area (Å²) in [7, 11) is 0. The van der Waals surface area contributed by atoms with Crippen LogP contribution in [-0.2, 0) is 6.42 Å². The summed E-state index contributed by atoms with van der Waals surface area (Å²) in [6, 6.07) is 11.0. The van der Waals surface area contributed by atoms with Crippen molar-refractivity contribution in [1.82, 2.24) is 9.38 Å². The molecule has 20 heavy (non-hydrogen) atoms. The number of rotatable bonds is 0. The first-order valence-electron chi connectivity index (χ1n) is 7.54. The zero-order valence-electron chi connectivity index (χ0n) is 11.9. The van der Waals surface area contributed by atoms with E-state index in [-0.39, 0.29) is 0 Å². The van der Waals surface area contributed by atoms with E-state index in [0.717, 1.165) is 23.0 Å². The molecule has 0 amide bonds. The van der Waals surface area contributed by atoms with Crippen molar-refractivity contribution in [3.63, 3.8) is 0 Å². The topological polar surface area (TPSA) is 17.3 Å². The van der Waals surface area contributed by atoms with E-state index < -0.39 is 0 Å². The Kier molecular flexibility index (Phi) is 1.77. The van der Waals surface area contributed by atoms with Gasteiger partial charge in [-0.3, -0.25) is 4.40 Å². The number of imidazole rings is 1. The zero-order chi connectivity index (χ0) is 13.5. The lowest BCUT2D eigenvalue weighted by molar-refractivity contribution is 0.0187. The van der Waals surface area contributed by atoms with E-state index in [1.165, 1.54) is 18.4 Å². The number of pyridine rings is 1. The fourth-order valence-electron chi connectivity index (χ4n) is 4.43. The first-order valence-corrected chi connectivity index (χ1v) is 7.54. The van der Waals surface area contributed by atoms with Crippen molar-refractivity contribution in [1.29, 1.82) is 0 Å². The van der Waals surface area contributed by atoms with Crippen molar-refractivity contribution >= 4 is 16.7 Å². The summed E-state index contributed by atoms with van der Waals surface area (Å²) in [6.07, 6.45) is 4.74. The van der Waals surface area contributed by atoms with Crippen molar-refractivity contribution in [3.05, 3.63) is 47.7 Å². The third-order valence-corrected chi connectivity index (χ3v) is 5.88. The van der Waals surface area contributed by atoms with Gasteiger partial charge in [-0.2, -0.15) is 0 Å². The van der Waals surface area contributed by atoms with Crippen molar-refractivity contribution in [2.24, 2.45) is 11.3 Å². The Morgan fingerprint density at radius 3 is 3.00 bits per heavy atom. The molecule has 2 atom stereocenters. The maximum Gasteiger partial charge on any atom is 0.137 e. The second-order valence-electron chi connectivity index (χ2n) is 7.09. The van der Waals surface area contributed by atoms with Crippen LogP contribution in [0.2, 0.25) is 0 Å². The van der Waals surface area contributed by atoms with Gasteiger partial charge in [-0.25, -0.2) is 4.98 Å². The van der Waals surface area contributed by atoms with Gasteiger partial charge in [0.1, 0.15) is 5.65 Å². The molecule has 100 valence electrons. The third kappa shape index (κ3) is 1.14. The van der Waals surface area contributed by atoms with E-state index in [1.807, 2.05) is 0 Å². The van der Waals surface area contributed by atoms with Crippen molar-refractivity contribution < 1.29 is 0 Å². The molecule has 2 unspecified atom stereocenters. The Balaban J connectivity index is 1.84. The number of nitrogens with zero attached hydrogens (tertiary/aromatic N) is 2. The molecule has 3 aliphatic rings. The summed E-state index contributed by atoms with van der Waals surface area (Å²) >= 11 is 0. The predicted octanol–water partition coefficient (Wildman–Crippen LogP) is 4.17. The van der Waals surface area contributed by atoms with Gasteiger partial charge in [0.2, 0.25) is 0 Å². The standard InChI is InChI=1S/C18H18N2/c1-18(2)12-7-11-8-15-16(10-13(11)14(18)9-12)20-6-4-3-5-17(20)19-15/h3-6,8,10,12,14H,7,9H2,1-2H3. The second kappa shape index (κ2) is 3.25. The Hall–Kier alpha value is -1.83. The molecular weight excluding hydrogens is 244 g/mol. The van der Waals surface area contributed by atoms with Crippen LogP contribution in [0.4, 0.5) is 0 Å². The molecule has 3 aliphatic carbocycles. The highest BCUT2D eigenvalue weighted by atomic mass is 15.0. The van der Waals surface area contributed by atoms with Gasteiger partial charge < -0.3 is 0 Å². The Morgan fingerprint density at radius 2 is 2.15 bits per heavy atom. The van der Waals surface area contributed by atoms with Gasteiger partial charge in [0.15, 0.2) is 0 Å². The Labute approximate surface area is 118 Å². The molecule has 0 N–H and O–H groups in total. The molecule has 6 rings (SSSR count). The molecule has 0 spiro atoms. The van der Waals surface area contributed by atoms with Gasteiger partial charge in [0, 0.05) is 6.20 Å². The molecule has 0 aliphatic heterocycles. The minimum Gasteiger partial charge on any atom is -0.300 e. The lowest BCUT2D eigenvalue weighted by atomic mass is 9.47. The summed E-state index contributed by atoms with van der Waals surface area (Å²) in [6.45, 7) is 4.88. The van der Waals surface area contributed by atoms with Gasteiger partial charge in [0.05, 0.1) is 11.0 Å². The van der Waals surface area contributed by atoms with E-state index in [2.05, 4.69) is 54.8 Å². The molecule has 0 saturated heterocycles. The summed E-state index contributed by atoms with van der Waals surface area (Å²) in [5, 5.41) is 0. The molecule has 1 fully saturated rings. The van der Waals surface area contributed by atoms with Crippen LogP contribution in [-0.4, -0.2) is 9.38 Å². The summed E-state index contributed by atoms with van der Waals surface area (Å²) < 4.78 is 2.22. The Morgan fingerprint density at radius 1 is 1.25 bits per heavy atom. The van der Waals surface area contributed by atoms with Crippen molar-refractivity contribution in [3.8, 4) is 0 Å². The lowest BCUT2D eigenvalue weighted by Crippen LogP contribution is -2.48. The largest absolute Gasteiger partial charge is 0.300 e. The molecule has 2 aromatic heterocycles. The molecule has 1 saturated carbocycles. The molecule has 1 aromatic carbocycles. The second-order valence-corrected chi connectivity index (χ2v) is 7.09. The summed E-state index contributed by atoms with van der Waals surface area (Å²) in [4.78, 5) is 4.76. The minimum atomic E-state index is 0.487. The number of benzene rings is 1. The average molecular weight is 262 g/mol. The highest BCUT2D eigenvalue weighted by Gasteiger charge is 2.52. The van der Waals surface area contributed by atoms with Crippen LogP contribution in [0.25, 0.3) is 16.7 Å². The van der Waals surface area contributed by atoms with Gasteiger partial charge in [-0.15, -0.1) is 0 Å². The van der Waals surface area contributed by atoms with Gasteiger partial charge in [-0.1, -0.05) is 19.9 Å². The number of hydrogen-bond donors (Lipinski definition) is 0. The average Bonchev–Trinajstić information content (AvgIpc) is 2.81. The SMILES string of the molecule is CC1(C)C2Cc3cc4nc5ccccn5c4cc3C1C2. The van der Waals surface area contributed by atoms with Gasteiger partial charge in [-0.05, 0) is 65.5 Å². The maximum atomic E-state index is 4.76. The number of aromatic nitrogens is 2. The minimum absolute atomic E-state index is 0.487. The van der Waals surface area contributed by atoms with Crippen LogP contribution in [0.5, 0.6) is 0 Å². The highest BCUT2D eigenvalue weighted by Crippen LogP contribution is 2.62. The van der Waals surface area contributed by atoms with Gasteiger partial charge >= 0.3 is 0 Å². The van der Waals surface area contributed by atoms with Crippen LogP contribution >= 0.6 is 0 Å². The predicted molar refractivity (Wildman–Crippen MR) is 81.0 cm³/mol. The Bertz CT molecular complexity index is 856. The van der Waals surface area contributed by atoms with E-state index in [0.29, 0.717) is 5.41 Å². The fourth-order valence-corrected chi connectivity index (χ4v) is 4.43. The monoisotopic (exact) mass is 262 g/mol. The summed E-state index contributed by atoms with van der Waals surface area (Å²) in [5.74, 6) is 1.62. The molecule has 2 heteroatoms. The van der Waals surface area contributed by atoms with Gasteiger partial charge in [0.25, 0.3) is 0 Å². The van der Waals surface area contributed by atoms with Crippen molar-refractivity contribution in [2.75, 3.05) is 0 Å². The number of fused-ring (bicyclic) bond motifs is 3. The van der Waals surface area contributed by atoms with Crippen molar-refractivity contribution in [2.45, 2.75) is 32.6 Å². The fraction of sp³-hybridized carbons (Fsp3) is 0.389. The van der Waals surface area contributed by atoms with Crippen LogP contribution < -0.4 is 0 Å². The quantitative estimate of drug-likeness (QED) is 0.594. The smallest absolute Gasteiger partial charge is 0.137 e. The molecule has 0 radical (unpaired) electrons. The van der Waals surface area contributed by atoms with E-state index in [9.17, 15) is 0 Å². The molecule has 2 heterocycles.